The van der Waals surface area contributed by atoms with Gasteiger partial charge in [-0.2, -0.15) is 0 Å². The van der Waals surface area contributed by atoms with Crippen molar-refractivity contribution in [3.8, 4) is 0 Å². The predicted octanol–water partition coefficient (Wildman–Crippen LogP) is -0.487. The van der Waals surface area contributed by atoms with Gasteiger partial charge in [-0.15, -0.1) is 0 Å². The molecular weight excluding hydrogens is 218 g/mol. The first kappa shape index (κ1) is 14.4. The molecule has 100 valence electrons. The number of rotatable bonds is 6. The lowest BCUT2D eigenvalue weighted by atomic mass is 10.3. The molecule has 0 atom stereocenters. The first-order valence-corrected chi connectivity index (χ1v) is 6.59. The van der Waals surface area contributed by atoms with Crippen LogP contribution in [0, 0.1) is 0 Å². The van der Waals surface area contributed by atoms with E-state index >= 15 is 0 Å². The fourth-order valence-corrected chi connectivity index (χ4v) is 2.07. The van der Waals surface area contributed by atoms with E-state index in [4.69, 9.17) is 5.11 Å². The summed E-state index contributed by atoms with van der Waals surface area (Å²) in [5, 5.41) is 12.1. The minimum Gasteiger partial charge on any atom is -0.396 e. The Labute approximate surface area is 104 Å². The molecule has 1 aliphatic rings. The van der Waals surface area contributed by atoms with Crippen LogP contribution in [0.15, 0.2) is 0 Å². The maximum Gasteiger partial charge on any atom is 0.236 e. The van der Waals surface area contributed by atoms with Crippen molar-refractivity contribution in [1.29, 1.82) is 0 Å². The molecule has 0 unspecified atom stereocenters. The summed E-state index contributed by atoms with van der Waals surface area (Å²) < 4.78 is 0. The molecule has 1 saturated heterocycles. The van der Waals surface area contributed by atoms with Crippen LogP contribution in [-0.4, -0.2) is 73.2 Å². The average molecular weight is 243 g/mol. The fourth-order valence-electron chi connectivity index (χ4n) is 2.07. The number of likely N-dealkylation sites (N-methyl/N-ethyl adjacent to an activating group) is 1. The number of carbonyl (C=O) groups is 1. The molecule has 5 heteroatoms. The van der Waals surface area contributed by atoms with E-state index in [0.29, 0.717) is 19.5 Å². The maximum atomic E-state index is 12.0. The number of amides is 1. The molecule has 1 amide bonds. The zero-order valence-corrected chi connectivity index (χ0v) is 10.8. The van der Waals surface area contributed by atoms with Gasteiger partial charge in [-0.05, 0) is 32.9 Å². The number of aliphatic hydroxyl groups excluding tert-OH is 1. The first-order chi connectivity index (χ1) is 8.27. The Kier molecular flexibility index (Phi) is 7.16. The van der Waals surface area contributed by atoms with Crippen molar-refractivity contribution in [3.05, 3.63) is 0 Å². The molecule has 2 N–H and O–H groups in total. The van der Waals surface area contributed by atoms with Gasteiger partial charge in [0.25, 0.3) is 0 Å². The molecule has 1 rings (SSSR count). The minimum absolute atomic E-state index is 0.150. The van der Waals surface area contributed by atoms with Gasteiger partial charge in [0.05, 0.1) is 6.54 Å². The molecule has 0 aromatic carbocycles. The number of hydrogen-bond donors (Lipinski definition) is 2. The normalized spacial score (nSPS) is 17.8. The zero-order chi connectivity index (χ0) is 12.5. The maximum absolute atomic E-state index is 12.0. The van der Waals surface area contributed by atoms with E-state index in [1.165, 1.54) is 0 Å². The lowest BCUT2D eigenvalue weighted by molar-refractivity contribution is -0.132. The second-order valence-corrected chi connectivity index (χ2v) is 4.43. The topological polar surface area (TPSA) is 55.8 Å². The zero-order valence-electron chi connectivity index (χ0n) is 10.8. The van der Waals surface area contributed by atoms with Gasteiger partial charge in [0, 0.05) is 32.8 Å². The summed E-state index contributed by atoms with van der Waals surface area (Å²) in [6, 6.07) is 0. The Morgan fingerprint density at radius 2 is 2.24 bits per heavy atom. The van der Waals surface area contributed by atoms with Crippen molar-refractivity contribution >= 4 is 5.91 Å². The van der Waals surface area contributed by atoms with Crippen LogP contribution in [0.5, 0.6) is 0 Å². The molecule has 1 aliphatic heterocycles. The number of nitrogens with one attached hydrogen (secondary N) is 1. The SMILES string of the molecule is CCN(CCCO)C(=O)CN1CCCNCC1. The van der Waals surface area contributed by atoms with Crippen LogP contribution < -0.4 is 5.32 Å². The third-order valence-electron chi connectivity index (χ3n) is 3.11. The highest BCUT2D eigenvalue weighted by Crippen LogP contribution is 1.99. The number of carbonyl (C=O) groups excluding carboxylic acids is 1. The largest absolute Gasteiger partial charge is 0.396 e. The highest BCUT2D eigenvalue weighted by atomic mass is 16.3. The summed E-state index contributed by atoms with van der Waals surface area (Å²) in [5.41, 5.74) is 0. The van der Waals surface area contributed by atoms with Gasteiger partial charge >= 0.3 is 0 Å². The smallest absolute Gasteiger partial charge is 0.236 e. The van der Waals surface area contributed by atoms with E-state index in [1.807, 2.05) is 11.8 Å². The Bertz CT molecular complexity index is 216. The van der Waals surface area contributed by atoms with Gasteiger partial charge in [-0.3, -0.25) is 9.69 Å². The lowest BCUT2D eigenvalue weighted by Crippen LogP contribution is -2.42. The quantitative estimate of drug-likeness (QED) is 0.661. The number of aliphatic hydroxyl groups is 1. The van der Waals surface area contributed by atoms with Crippen LogP contribution in [0.3, 0.4) is 0 Å². The van der Waals surface area contributed by atoms with Crippen LogP contribution in [0.2, 0.25) is 0 Å². The molecule has 0 aromatic rings. The molecule has 17 heavy (non-hydrogen) atoms. The fraction of sp³-hybridized carbons (Fsp3) is 0.917. The van der Waals surface area contributed by atoms with Gasteiger partial charge in [-0.1, -0.05) is 0 Å². The molecule has 1 fully saturated rings. The molecule has 0 spiro atoms. The summed E-state index contributed by atoms with van der Waals surface area (Å²) in [6.07, 6.45) is 1.77. The van der Waals surface area contributed by atoms with Gasteiger partial charge in [0.2, 0.25) is 5.91 Å². The van der Waals surface area contributed by atoms with Crippen LogP contribution >= 0.6 is 0 Å². The summed E-state index contributed by atoms with van der Waals surface area (Å²) in [4.78, 5) is 16.1. The monoisotopic (exact) mass is 243 g/mol. The predicted molar refractivity (Wildman–Crippen MR) is 67.9 cm³/mol. The highest BCUT2D eigenvalue weighted by Gasteiger charge is 2.16. The van der Waals surface area contributed by atoms with Crippen molar-refractivity contribution in [2.75, 3.05) is 52.4 Å². The molecule has 0 bridgehead atoms. The van der Waals surface area contributed by atoms with Crippen molar-refractivity contribution in [1.82, 2.24) is 15.1 Å². The van der Waals surface area contributed by atoms with Gasteiger partial charge in [0.15, 0.2) is 0 Å². The third-order valence-corrected chi connectivity index (χ3v) is 3.11. The van der Waals surface area contributed by atoms with Crippen molar-refractivity contribution < 1.29 is 9.90 Å². The first-order valence-electron chi connectivity index (χ1n) is 6.59. The summed E-state index contributed by atoms with van der Waals surface area (Å²) in [5.74, 6) is 0.183. The summed E-state index contributed by atoms with van der Waals surface area (Å²) in [7, 11) is 0. The van der Waals surface area contributed by atoms with Crippen molar-refractivity contribution in [2.45, 2.75) is 19.8 Å². The molecule has 0 aromatic heterocycles. The Balaban J connectivity index is 2.33. The minimum atomic E-state index is 0.150. The van der Waals surface area contributed by atoms with Crippen LogP contribution in [-0.2, 0) is 4.79 Å². The van der Waals surface area contributed by atoms with Crippen LogP contribution in [0.1, 0.15) is 19.8 Å². The Hall–Kier alpha value is -0.650. The lowest BCUT2D eigenvalue weighted by Gasteiger charge is -2.25. The Morgan fingerprint density at radius 3 is 2.94 bits per heavy atom. The van der Waals surface area contributed by atoms with Crippen LogP contribution in [0.4, 0.5) is 0 Å². The molecule has 0 aliphatic carbocycles. The van der Waals surface area contributed by atoms with E-state index in [-0.39, 0.29) is 12.5 Å². The third kappa shape index (κ3) is 5.48. The Morgan fingerprint density at radius 1 is 1.41 bits per heavy atom. The molecule has 1 heterocycles. The van der Waals surface area contributed by atoms with Gasteiger partial charge in [-0.25, -0.2) is 0 Å². The second kappa shape index (κ2) is 8.44. The standard InChI is InChI=1S/C12H25N3O2/c1-2-15(8-4-10-16)12(17)11-14-7-3-5-13-6-9-14/h13,16H,2-11H2,1H3. The van der Waals surface area contributed by atoms with E-state index < -0.39 is 0 Å². The van der Waals surface area contributed by atoms with E-state index in [2.05, 4.69) is 10.2 Å². The average Bonchev–Trinajstić information content (AvgIpc) is 2.58. The van der Waals surface area contributed by atoms with E-state index in [9.17, 15) is 4.79 Å². The van der Waals surface area contributed by atoms with Gasteiger partial charge in [0.1, 0.15) is 0 Å². The number of nitrogens with zero attached hydrogens (tertiary/aromatic N) is 2. The van der Waals surface area contributed by atoms with Crippen LogP contribution in [0.25, 0.3) is 0 Å². The van der Waals surface area contributed by atoms with Gasteiger partial charge < -0.3 is 15.3 Å². The van der Waals surface area contributed by atoms with Crippen molar-refractivity contribution in [2.24, 2.45) is 0 Å². The van der Waals surface area contributed by atoms with E-state index in [1.54, 1.807) is 0 Å². The molecule has 0 radical (unpaired) electrons. The highest BCUT2D eigenvalue weighted by molar-refractivity contribution is 5.78. The van der Waals surface area contributed by atoms with E-state index in [0.717, 1.165) is 39.1 Å². The second-order valence-electron chi connectivity index (χ2n) is 4.43. The number of hydrogen-bond acceptors (Lipinski definition) is 4. The molecule has 0 saturated carbocycles. The van der Waals surface area contributed by atoms with Crippen molar-refractivity contribution in [3.63, 3.8) is 0 Å². The molecular formula is C12H25N3O2. The summed E-state index contributed by atoms with van der Waals surface area (Å²) >= 11 is 0. The summed E-state index contributed by atoms with van der Waals surface area (Å²) in [6.45, 7) is 8.00. The molecule has 5 nitrogen and oxygen atoms in total.